The van der Waals surface area contributed by atoms with Crippen molar-refractivity contribution in [3.05, 3.63) is 47.1 Å². The molecule has 0 unspecified atom stereocenters. The first-order valence-corrected chi connectivity index (χ1v) is 5.36. The van der Waals surface area contributed by atoms with Gasteiger partial charge in [0.15, 0.2) is 0 Å². The Hall–Kier alpha value is -1.78. The van der Waals surface area contributed by atoms with Crippen LogP contribution in [0, 0.1) is 0 Å². The first-order valence-electron chi connectivity index (χ1n) is 4.98. The molecule has 0 saturated heterocycles. The third-order valence-corrected chi connectivity index (χ3v) is 2.31. The minimum atomic E-state index is 0.00262. The van der Waals surface area contributed by atoms with E-state index in [1.807, 2.05) is 0 Å². The number of nitrogen functional groups attached to an aromatic ring is 1. The lowest BCUT2D eigenvalue weighted by Gasteiger charge is -2.06. The number of pyridine rings is 1. The van der Waals surface area contributed by atoms with Crippen LogP contribution in [0.2, 0.25) is 5.15 Å². The Morgan fingerprint density at radius 3 is 2.53 bits per heavy atom. The average molecular weight is 251 g/mol. The molecule has 2 aromatic rings. The van der Waals surface area contributed by atoms with E-state index < -0.39 is 0 Å². The quantitative estimate of drug-likeness (QED) is 0.822. The van der Waals surface area contributed by atoms with E-state index in [0.29, 0.717) is 17.3 Å². The van der Waals surface area contributed by atoms with E-state index in [2.05, 4.69) is 4.98 Å². The fourth-order valence-corrected chi connectivity index (χ4v) is 1.54. The highest BCUT2D eigenvalue weighted by atomic mass is 35.5. The molecular weight excluding hydrogens is 240 g/mol. The van der Waals surface area contributed by atoms with Gasteiger partial charge < -0.3 is 15.6 Å². The lowest BCUT2D eigenvalue weighted by atomic mass is 10.2. The molecule has 0 fully saturated rings. The van der Waals surface area contributed by atoms with Gasteiger partial charge >= 0.3 is 0 Å². The van der Waals surface area contributed by atoms with Gasteiger partial charge in [-0.05, 0) is 23.8 Å². The Kier molecular flexibility index (Phi) is 3.46. The zero-order valence-electron chi connectivity index (χ0n) is 8.93. The topological polar surface area (TPSA) is 68.4 Å². The maximum Gasteiger partial charge on any atom is 0.222 e. The highest BCUT2D eigenvalue weighted by Crippen LogP contribution is 2.23. The number of aliphatic hydroxyl groups is 1. The van der Waals surface area contributed by atoms with Crippen molar-refractivity contribution in [1.82, 2.24) is 4.98 Å². The number of hydrogen-bond donors (Lipinski definition) is 2. The van der Waals surface area contributed by atoms with E-state index in [1.54, 1.807) is 36.4 Å². The van der Waals surface area contributed by atoms with E-state index in [0.717, 1.165) is 5.56 Å². The van der Waals surface area contributed by atoms with Gasteiger partial charge in [0.1, 0.15) is 10.9 Å². The number of nitrogens with two attached hydrogens (primary N) is 1. The summed E-state index contributed by atoms with van der Waals surface area (Å²) in [5.74, 6) is 0.947. The number of halogens is 1. The first kappa shape index (κ1) is 11.7. The van der Waals surface area contributed by atoms with Gasteiger partial charge in [0.2, 0.25) is 5.88 Å². The maximum atomic E-state index is 8.90. The molecule has 1 aromatic heterocycles. The fraction of sp³-hybridized carbons (Fsp3) is 0.0833. The SMILES string of the molecule is Nc1cc(Cl)nc(Oc2ccc(CO)cc2)c1. The molecule has 2 rings (SSSR count). The van der Waals surface area contributed by atoms with Crippen molar-refractivity contribution in [1.29, 1.82) is 0 Å². The molecule has 0 atom stereocenters. The Balaban J connectivity index is 2.19. The van der Waals surface area contributed by atoms with Crippen molar-refractivity contribution >= 4 is 17.3 Å². The zero-order valence-corrected chi connectivity index (χ0v) is 9.69. The summed E-state index contributed by atoms with van der Waals surface area (Å²) in [6.07, 6.45) is 0. The van der Waals surface area contributed by atoms with Crippen LogP contribution in [0.15, 0.2) is 36.4 Å². The third-order valence-electron chi connectivity index (χ3n) is 2.12. The molecular formula is C12H11ClN2O2. The Morgan fingerprint density at radius 1 is 1.24 bits per heavy atom. The molecule has 3 N–H and O–H groups in total. The molecule has 0 spiro atoms. The molecule has 4 nitrogen and oxygen atoms in total. The molecule has 0 aliphatic heterocycles. The number of aliphatic hydroxyl groups excluding tert-OH is 1. The molecule has 0 aliphatic carbocycles. The minimum Gasteiger partial charge on any atom is -0.439 e. The molecule has 1 aromatic carbocycles. The molecule has 88 valence electrons. The Bertz CT molecular complexity index is 494. The van der Waals surface area contributed by atoms with E-state index in [-0.39, 0.29) is 11.8 Å². The number of ether oxygens (including phenoxy) is 1. The number of anilines is 1. The van der Waals surface area contributed by atoms with Crippen molar-refractivity contribution in [3.8, 4) is 11.6 Å². The second kappa shape index (κ2) is 5.03. The van der Waals surface area contributed by atoms with Gasteiger partial charge in [0.25, 0.3) is 0 Å². The second-order valence-corrected chi connectivity index (χ2v) is 3.85. The van der Waals surface area contributed by atoms with Gasteiger partial charge in [0, 0.05) is 11.8 Å². The molecule has 0 saturated carbocycles. The smallest absolute Gasteiger partial charge is 0.222 e. The van der Waals surface area contributed by atoms with Gasteiger partial charge in [-0.15, -0.1) is 0 Å². The van der Waals surface area contributed by atoms with Gasteiger partial charge in [-0.25, -0.2) is 4.98 Å². The van der Waals surface area contributed by atoms with Gasteiger partial charge in [-0.1, -0.05) is 23.7 Å². The van der Waals surface area contributed by atoms with E-state index >= 15 is 0 Å². The number of nitrogens with zero attached hydrogens (tertiary/aromatic N) is 1. The van der Waals surface area contributed by atoms with Crippen LogP contribution in [0.5, 0.6) is 11.6 Å². The predicted molar refractivity (Wildman–Crippen MR) is 66.1 cm³/mol. The summed E-state index contributed by atoms with van der Waals surface area (Å²) in [5.41, 5.74) is 6.93. The molecule has 0 amide bonds. The maximum absolute atomic E-state index is 8.90. The third kappa shape index (κ3) is 3.09. The second-order valence-electron chi connectivity index (χ2n) is 3.47. The van der Waals surface area contributed by atoms with Crippen molar-refractivity contribution in [2.24, 2.45) is 0 Å². The normalized spacial score (nSPS) is 10.2. The van der Waals surface area contributed by atoms with Crippen LogP contribution < -0.4 is 10.5 Å². The lowest BCUT2D eigenvalue weighted by Crippen LogP contribution is -1.92. The van der Waals surface area contributed by atoms with Gasteiger partial charge in [-0.2, -0.15) is 0 Å². The van der Waals surface area contributed by atoms with Crippen LogP contribution in [-0.2, 0) is 6.61 Å². The van der Waals surface area contributed by atoms with Crippen LogP contribution in [0.25, 0.3) is 0 Å². The summed E-state index contributed by atoms with van der Waals surface area (Å²) in [6, 6.07) is 10.1. The average Bonchev–Trinajstić information content (AvgIpc) is 2.28. The van der Waals surface area contributed by atoms with Crippen LogP contribution in [0.4, 0.5) is 5.69 Å². The summed E-state index contributed by atoms with van der Waals surface area (Å²) >= 11 is 5.76. The monoisotopic (exact) mass is 250 g/mol. The van der Waals surface area contributed by atoms with Crippen molar-refractivity contribution in [3.63, 3.8) is 0 Å². The minimum absolute atomic E-state index is 0.00262. The first-order chi connectivity index (χ1) is 8.17. The molecule has 5 heteroatoms. The molecule has 17 heavy (non-hydrogen) atoms. The van der Waals surface area contributed by atoms with Gasteiger partial charge in [0.05, 0.1) is 6.61 Å². The van der Waals surface area contributed by atoms with Crippen LogP contribution in [0.1, 0.15) is 5.56 Å². The Labute approximate surface area is 104 Å². The predicted octanol–water partition coefficient (Wildman–Crippen LogP) is 2.60. The summed E-state index contributed by atoms with van der Waals surface area (Å²) in [7, 11) is 0. The van der Waals surface area contributed by atoms with Crippen molar-refractivity contribution in [2.45, 2.75) is 6.61 Å². The lowest BCUT2D eigenvalue weighted by molar-refractivity contribution is 0.281. The summed E-state index contributed by atoms with van der Waals surface area (Å²) in [4.78, 5) is 3.99. The molecule has 0 aliphatic rings. The van der Waals surface area contributed by atoms with Crippen LogP contribution in [-0.4, -0.2) is 10.1 Å². The standard InChI is InChI=1S/C12H11ClN2O2/c13-11-5-9(14)6-12(15-11)17-10-3-1-8(7-16)2-4-10/h1-6,16H,7H2,(H2,14,15). The highest BCUT2D eigenvalue weighted by Gasteiger charge is 2.02. The number of benzene rings is 1. The molecule has 1 heterocycles. The zero-order chi connectivity index (χ0) is 12.3. The van der Waals surface area contributed by atoms with Crippen molar-refractivity contribution in [2.75, 3.05) is 5.73 Å². The summed E-state index contributed by atoms with van der Waals surface area (Å²) < 4.78 is 5.48. The van der Waals surface area contributed by atoms with Crippen molar-refractivity contribution < 1.29 is 9.84 Å². The number of aromatic nitrogens is 1. The number of hydrogen-bond acceptors (Lipinski definition) is 4. The molecule has 0 radical (unpaired) electrons. The largest absolute Gasteiger partial charge is 0.439 e. The summed E-state index contributed by atoms with van der Waals surface area (Å²) in [5, 5.41) is 9.19. The number of rotatable bonds is 3. The van der Waals surface area contributed by atoms with Crippen LogP contribution in [0.3, 0.4) is 0 Å². The highest BCUT2D eigenvalue weighted by molar-refractivity contribution is 6.29. The fourth-order valence-electron chi connectivity index (χ4n) is 1.33. The molecule has 0 bridgehead atoms. The Morgan fingerprint density at radius 2 is 1.94 bits per heavy atom. The van der Waals surface area contributed by atoms with E-state index in [4.69, 9.17) is 27.2 Å². The van der Waals surface area contributed by atoms with E-state index in [9.17, 15) is 0 Å². The van der Waals surface area contributed by atoms with Gasteiger partial charge in [-0.3, -0.25) is 0 Å². The summed E-state index contributed by atoms with van der Waals surface area (Å²) in [6.45, 7) is 0.00262. The van der Waals surface area contributed by atoms with E-state index in [1.165, 1.54) is 0 Å². The van der Waals surface area contributed by atoms with Crippen LogP contribution >= 0.6 is 11.6 Å².